The fourth-order valence-corrected chi connectivity index (χ4v) is 3.86. The second-order valence-corrected chi connectivity index (χ2v) is 8.37. The van der Waals surface area contributed by atoms with Crippen LogP contribution in [0.15, 0.2) is 48.7 Å². The lowest BCUT2D eigenvalue weighted by atomic mass is 10.1. The van der Waals surface area contributed by atoms with Crippen LogP contribution >= 0.6 is 0 Å². The number of hydrogen-bond donors (Lipinski definition) is 2. The van der Waals surface area contributed by atoms with Crippen molar-refractivity contribution in [2.24, 2.45) is 0 Å². The van der Waals surface area contributed by atoms with Crippen LogP contribution in [0.1, 0.15) is 53.6 Å². The Labute approximate surface area is 212 Å². The van der Waals surface area contributed by atoms with Crippen LogP contribution in [0.4, 0.5) is 18.9 Å². The van der Waals surface area contributed by atoms with Gasteiger partial charge < -0.3 is 24.5 Å². The monoisotopic (exact) mass is 519 g/mol. The predicted octanol–water partition coefficient (Wildman–Crippen LogP) is 5.38. The summed E-state index contributed by atoms with van der Waals surface area (Å²) in [5, 5.41) is 11.4. The van der Waals surface area contributed by atoms with E-state index in [9.17, 15) is 22.8 Å². The molecule has 1 aromatic carbocycles. The number of ether oxygens (including phenoxy) is 2. The van der Waals surface area contributed by atoms with Crippen molar-refractivity contribution in [3.63, 3.8) is 0 Å². The molecule has 0 saturated carbocycles. The van der Waals surface area contributed by atoms with Crippen molar-refractivity contribution >= 4 is 17.6 Å². The highest BCUT2D eigenvalue weighted by Gasteiger charge is 2.34. The van der Waals surface area contributed by atoms with Crippen LogP contribution in [0.2, 0.25) is 0 Å². The van der Waals surface area contributed by atoms with Gasteiger partial charge in [-0.05, 0) is 49.2 Å². The van der Waals surface area contributed by atoms with Crippen molar-refractivity contribution < 1.29 is 37.3 Å². The number of nitrogens with one attached hydrogen (secondary N) is 1. The zero-order valence-corrected chi connectivity index (χ0v) is 20.6. The molecule has 0 fully saturated rings. The van der Waals surface area contributed by atoms with Gasteiger partial charge in [0.05, 0.1) is 31.4 Å². The molecule has 37 heavy (non-hydrogen) atoms. The number of pyridine rings is 1. The number of anilines is 1. The molecule has 0 aliphatic heterocycles. The van der Waals surface area contributed by atoms with E-state index in [1.165, 1.54) is 7.11 Å². The summed E-state index contributed by atoms with van der Waals surface area (Å²) < 4.78 is 53.4. The van der Waals surface area contributed by atoms with Gasteiger partial charge in [-0.15, -0.1) is 0 Å². The molecule has 2 aromatic heterocycles. The van der Waals surface area contributed by atoms with Gasteiger partial charge in [0, 0.05) is 30.4 Å². The molecule has 3 rings (SSSR count). The minimum Gasteiger partial charge on any atom is -0.493 e. The Hall–Kier alpha value is -4.02. The largest absolute Gasteiger partial charge is 0.493 e. The van der Waals surface area contributed by atoms with E-state index in [0.29, 0.717) is 24.5 Å². The number of carbonyl (C=O) groups excluding carboxylic acids is 1. The molecule has 2 heterocycles. The summed E-state index contributed by atoms with van der Waals surface area (Å²) in [7, 11) is 1.50. The van der Waals surface area contributed by atoms with Crippen molar-refractivity contribution in [2.45, 2.75) is 45.3 Å². The first-order chi connectivity index (χ1) is 17.5. The molecule has 0 saturated heterocycles. The number of aromatic nitrogens is 2. The molecule has 0 aliphatic carbocycles. The molecule has 0 aliphatic rings. The molecular weight excluding hydrogens is 491 g/mol. The number of halogens is 3. The van der Waals surface area contributed by atoms with Crippen molar-refractivity contribution in [1.29, 1.82) is 0 Å². The van der Waals surface area contributed by atoms with Gasteiger partial charge in [0.2, 0.25) is 5.88 Å². The topological polar surface area (TPSA) is 103 Å². The van der Waals surface area contributed by atoms with Gasteiger partial charge in [-0.2, -0.15) is 13.2 Å². The number of benzene rings is 1. The predicted molar refractivity (Wildman–Crippen MR) is 130 cm³/mol. The number of carboxylic acid groups (broad SMARTS) is 1. The van der Waals surface area contributed by atoms with Crippen LogP contribution in [0.25, 0.3) is 0 Å². The van der Waals surface area contributed by atoms with Crippen molar-refractivity contribution in [1.82, 2.24) is 9.55 Å². The van der Waals surface area contributed by atoms with Crippen LogP contribution in [0.3, 0.4) is 0 Å². The molecule has 0 spiro atoms. The smallest absolute Gasteiger partial charge is 0.418 e. The van der Waals surface area contributed by atoms with Crippen molar-refractivity contribution in [3.05, 3.63) is 71.2 Å². The van der Waals surface area contributed by atoms with E-state index in [1.807, 2.05) is 13.8 Å². The van der Waals surface area contributed by atoms with E-state index in [-0.39, 0.29) is 23.9 Å². The highest BCUT2D eigenvalue weighted by molar-refractivity contribution is 6.04. The third-order valence-corrected chi connectivity index (χ3v) is 5.80. The van der Waals surface area contributed by atoms with Gasteiger partial charge in [-0.25, -0.2) is 4.98 Å². The Morgan fingerprint density at radius 2 is 1.92 bits per heavy atom. The molecule has 11 heteroatoms. The first kappa shape index (κ1) is 27.6. The molecule has 198 valence electrons. The number of aliphatic carboxylic acids is 1. The molecule has 0 radical (unpaired) electrons. The Morgan fingerprint density at radius 3 is 2.57 bits per heavy atom. The third-order valence-electron chi connectivity index (χ3n) is 5.80. The number of hydrogen-bond acceptors (Lipinski definition) is 5. The van der Waals surface area contributed by atoms with Gasteiger partial charge in [0.1, 0.15) is 11.4 Å². The summed E-state index contributed by atoms with van der Waals surface area (Å²) >= 11 is 0. The fourth-order valence-electron chi connectivity index (χ4n) is 3.86. The maximum atomic E-state index is 13.6. The van der Waals surface area contributed by atoms with E-state index in [2.05, 4.69) is 10.3 Å². The Kier molecular flexibility index (Phi) is 8.80. The molecule has 3 aromatic rings. The Balaban J connectivity index is 1.85. The summed E-state index contributed by atoms with van der Waals surface area (Å²) in [6, 6.07) is 9.41. The zero-order chi connectivity index (χ0) is 27.2. The first-order valence-corrected chi connectivity index (χ1v) is 11.6. The van der Waals surface area contributed by atoms with E-state index >= 15 is 0 Å². The lowest BCUT2D eigenvalue weighted by Crippen LogP contribution is -2.22. The van der Waals surface area contributed by atoms with Crippen molar-refractivity contribution in [3.8, 4) is 11.6 Å². The van der Waals surface area contributed by atoms with E-state index < -0.39 is 35.7 Å². The minimum atomic E-state index is -4.73. The zero-order valence-electron chi connectivity index (χ0n) is 20.6. The summed E-state index contributed by atoms with van der Waals surface area (Å²) in [5.41, 5.74) is -0.454. The number of carboxylic acids is 1. The minimum absolute atomic E-state index is 0.118. The second kappa shape index (κ2) is 11.8. The molecule has 0 bridgehead atoms. The van der Waals surface area contributed by atoms with E-state index in [1.54, 1.807) is 35.0 Å². The van der Waals surface area contributed by atoms with Crippen LogP contribution < -0.4 is 14.8 Å². The molecule has 8 nitrogen and oxygen atoms in total. The van der Waals surface area contributed by atoms with Crippen LogP contribution in [0.5, 0.6) is 11.6 Å². The highest BCUT2D eigenvalue weighted by Crippen LogP contribution is 2.36. The van der Waals surface area contributed by atoms with Crippen molar-refractivity contribution in [2.75, 3.05) is 19.0 Å². The average molecular weight is 520 g/mol. The van der Waals surface area contributed by atoms with Gasteiger partial charge in [-0.3, -0.25) is 9.59 Å². The summed E-state index contributed by atoms with van der Waals surface area (Å²) in [6.07, 6.45) is -2.55. The SMILES string of the molecule is CC[C@H](C)n1c(CCOc2ccnc(OC)c2)ccc1C(=O)Nc1cc(CC(=O)O)ccc1C(F)(F)F. The van der Waals surface area contributed by atoms with Crippen LogP contribution in [-0.2, 0) is 23.8 Å². The fraction of sp³-hybridized carbons (Fsp3) is 0.346. The van der Waals surface area contributed by atoms with Gasteiger partial charge >= 0.3 is 12.1 Å². The number of carbonyl (C=O) groups is 2. The molecule has 1 atom stereocenters. The summed E-state index contributed by atoms with van der Waals surface area (Å²) in [4.78, 5) is 28.2. The standard InChI is InChI=1S/C26H28F3N3O5/c1-4-16(2)32-18(10-12-37-19-9-11-30-23(15-19)36-3)6-8-22(32)25(35)31-21-13-17(14-24(33)34)5-7-20(21)26(27,28)29/h5-9,11,13,15-16H,4,10,12,14H2,1-3H3,(H,31,35)(H,33,34)/t16-/m0/s1. The first-order valence-electron chi connectivity index (χ1n) is 11.6. The number of alkyl halides is 3. The molecule has 1 amide bonds. The summed E-state index contributed by atoms with van der Waals surface area (Å²) in [5.74, 6) is -0.957. The normalized spacial score (nSPS) is 12.2. The van der Waals surface area contributed by atoms with E-state index in [0.717, 1.165) is 23.9 Å². The number of methoxy groups -OCH3 is 1. The third kappa shape index (κ3) is 7.02. The quantitative estimate of drug-likeness (QED) is 0.353. The van der Waals surface area contributed by atoms with E-state index in [4.69, 9.17) is 14.6 Å². The van der Waals surface area contributed by atoms with Crippen LogP contribution in [-0.4, -0.2) is 40.3 Å². The highest BCUT2D eigenvalue weighted by atomic mass is 19.4. The summed E-state index contributed by atoms with van der Waals surface area (Å²) in [6.45, 7) is 4.13. The second-order valence-electron chi connectivity index (χ2n) is 8.37. The average Bonchev–Trinajstić information content (AvgIpc) is 3.26. The molecule has 0 unspecified atom stereocenters. The molecule has 2 N–H and O–H groups in total. The number of amides is 1. The number of rotatable bonds is 11. The maximum Gasteiger partial charge on any atom is 0.418 e. The van der Waals surface area contributed by atoms with Gasteiger partial charge in [0.25, 0.3) is 5.91 Å². The Bertz CT molecular complexity index is 1260. The van der Waals surface area contributed by atoms with Gasteiger partial charge in [0.15, 0.2) is 0 Å². The Morgan fingerprint density at radius 1 is 1.16 bits per heavy atom. The lowest BCUT2D eigenvalue weighted by molar-refractivity contribution is -0.137. The number of nitrogens with zero attached hydrogens (tertiary/aromatic N) is 2. The van der Waals surface area contributed by atoms with Gasteiger partial charge in [-0.1, -0.05) is 13.0 Å². The molecular formula is C26H28F3N3O5. The van der Waals surface area contributed by atoms with Crippen LogP contribution in [0, 0.1) is 0 Å². The lowest BCUT2D eigenvalue weighted by Gasteiger charge is -2.20. The maximum absolute atomic E-state index is 13.6.